The zero-order valence-electron chi connectivity index (χ0n) is 12.3. The van der Waals surface area contributed by atoms with E-state index < -0.39 is 0 Å². The van der Waals surface area contributed by atoms with Gasteiger partial charge >= 0.3 is 0 Å². The van der Waals surface area contributed by atoms with E-state index in [9.17, 15) is 4.79 Å². The lowest BCUT2D eigenvalue weighted by Crippen LogP contribution is -2.23. The summed E-state index contributed by atoms with van der Waals surface area (Å²) in [5, 5.41) is 6.33. The van der Waals surface area contributed by atoms with Crippen LogP contribution in [0.5, 0.6) is 5.75 Å². The first kappa shape index (κ1) is 14.9. The molecule has 4 nitrogen and oxygen atoms in total. The first-order valence-corrected chi connectivity index (χ1v) is 7.43. The maximum Gasteiger partial charge on any atom is 0.224 e. The number of anilines is 1. The third-order valence-electron chi connectivity index (χ3n) is 3.39. The Kier molecular flexibility index (Phi) is 5.41. The van der Waals surface area contributed by atoms with Gasteiger partial charge in [-0.05, 0) is 63.9 Å². The maximum atomic E-state index is 11.9. The number of rotatable bonds is 6. The van der Waals surface area contributed by atoms with E-state index in [1.165, 1.54) is 12.8 Å². The van der Waals surface area contributed by atoms with E-state index in [0.29, 0.717) is 12.5 Å². The second kappa shape index (κ2) is 7.29. The van der Waals surface area contributed by atoms with Crippen molar-refractivity contribution in [3.8, 4) is 5.75 Å². The van der Waals surface area contributed by atoms with Crippen LogP contribution >= 0.6 is 0 Å². The van der Waals surface area contributed by atoms with E-state index in [2.05, 4.69) is 10.6 Å². The first-order chi connectivity index (χ1) is 9.63. The van der Waals surface area contributed by atoms with Crippen molar-refractivity contribution in [2.75, 3.05) is 11.9 Å². The summed E-state index contributed by atoms with van der Waals surface area (Å²) in [5.41, 5.74) is 0.825. The first-order valence-electron chi connectivity index (χ1n) is 7.43. The van der Waals surface area contributed by atoms with Crippen LogP contribution in [0.1, 0.15) is 39.5 Å². The minimum atomic E-state index is 0.0798. The second-order valence-corrected chi connectivity index (χ2v) is 5.57. The highest BCUT2D eigenvalue weighted by molar-refractivity contribution is 5.90. The van der Waals surface area contributed by atoms with Crippen LogP contribution in [0.2, 0.25) is 0 Å². The smallest absolute Gasteiger partial charge is 0.224 e. The van der Waals surface area contributed by atoms with Crippen molar-refractivity contribution in [3.63, 3.8) is 0 Å². The van der Waals surface area contributed by atoms with Crippen LogP contribution in [0.15, 0.2) is 24.3 Å². The molecule has 1 aliphatic rings. The molecule has 20 heavy (non-hydrogen) atoms. The predicted molar refractivity (Wildman–Crippen MR) is 81.1 cm³/mol. The molecule has 1 atom stereocenters. The highest BCUT2D eigenvalue weighted by atomic mass is 16.5. The molecule has 1 amide bonds. The lowest BCUT2D eigenvalue weighted by atomic mass is 10.1. The van der Waals surface area contributed by atoms with E-state index in [-0.39, 0.29) is 12.0 Å². The molecule has 1 aliphatic heterocycles. The van der Waals surface area contributed by atoms with Crippen molar-refractivity contribution in [2.45, 2.75) is 51.7 Å². The number of carbonyl (C=O) groups is 1. The molecular weight excluding hydrogens is 252 g/mol. The summed E-state index contributed by atoms with van der Waals surface area (Å²) in [4.78, 5) is 11.9. The fourth-order valence-corrected chi connectivity index (χ4v) is 2.42. The van der Waals surface area contributed by atoms with E-state index >= 15 is 0 Å². The van der Waals surface area contributed by atoms with Gasteiger partial charge in [0.05, 0.1) is 6.10 Å². The van der Waals surface area contributed by atoms with Crippen LogP contribution in [0.25, 0.3) is 0 Å². The topological polar surface area (TPSA) is 50.4 Å². The molecule has 1 aromatic rings. The van der Waals surface area contributed by atoms with Crippen molar-refractivity contribution < 1.29 is 9.53 Å². The summed E-state index contributed by atoms with van der Waals surface area (Å²) in [6.07, 6.45) is 4.06. The molecule has 1 heterocycles. The minimum Gasteiger partial charge on any atom is -0.491 e. The Bertz CT molecular complexity index is 423. The standard InChI is InChI=1S/C16H24N2O2/c1-12(2)20-15-8-5-14(6-9-15)18-16(19)10-7-13-4-3-11-17-13/h5-6,8-9,12-13,17H,3-4,7,10-11H2,1-2H3,(H,18,19). The Morgan fingerprint density at radius 1 is 1.40 bits per heavy atom. The lowest BCUT2D eigenvalue weighted by molar-refractivity contribution is -0.116. The number of nitrogens with one attached hydrogen (secondary N) is 2. The van der Waals surface area contributed by atoms with E-state index in [4.69, 9.17) is 4.74 Å². The van der Waals surface area contributed by atoms with Crippen molar-refractivity contribution in [3.05, 3.63) is 24.3 Å². The van der Waals surface area contributed by atoms with Crippen LogP contribution in [0.3, 0.4) is 0 Å². The van der Waals surface area contributed by atoms with Crippen LogP contribution in [0.4, 0.5) is 5.69 Å². The molecule has 1 unspecified atom stereocenters. The van der Waals surface area contributed by atoms with Crippen LogP contribution in [0, 0.1) is 0 Å². The zero-order valence-corrected chi connectivity index (χ0v) is 12.3. The van der Waals surface area contributed by atoms with Gasteiger partial charge in [0.25, 0.3) is 0 Å². The van der Waals surface area contributed by atoms with Gasteiger partial charge in [0.2, 0.25) is 5.91 Å². The molecule has 1 fully saturated rings. The maximum absolute atomic E-state index is 11.9. The number of amides is 1. The highest BCUT2D eigenvalue weighted by Crippen LogP contribution is 2.17. The van der Waals surface area contributed by atoms with Crippen LogP contribution < -0.4 is 15.4 Å². The van der Waals surface area contributed by atoms with Crippen LogP contribution in [-0.4, -0.2) is 24.6 Å². The molecule has 4 heteroatoms. The van der Waals surface area contributed by atoms with Crippen molar-refractivity contribution >= 4 is 11.6 Å². The molecule has 110 valence electrons. The molecule has 1 saturated heterocycles. The summed E-state index contributed by atoms with van der Waals surface area (Å²) < 4.78 is 5.57. The van der Waals surface area contributed by atoms with Gasteiger partial charge < -0.3 is 15.4 Å². The van der Waals surface area contributed by atoms with Crippen molar-refractivity contribution in [1.29, 1.82) is 0 Å². The molecule has 0 bridgehead atoms. The normalized spacial score (nSPS) is 18.2. The number of hydrogen-bond acceptors (Lipinski definition) is 3. The quantitative estimate of drug-likeness (QED) is 0.840. The number of hydrogen-bond donors (Lipinski definition) is 2. The highest BCUT2D eigenvalue weighted by Gasteiger charge is 2.15. The van der Waals surface area contributed by atoms with Gasteiger partial charge in [-0.2, -0.15) is 0 Å². The van der Waals surface area contributed by atoms with E-state index in [0.717, 1.165) is 24.4 Å². The number of ether oxygens (including phenoxy) is 1. The summed E-state index contributed by atoms with van der Waals surface area (Å²) >= 11 is 0. The summed E-state index contributed by atoms with van der Waals surface area (Å²) in [7, 11) is 0. The fourth-order valence-electron chi connectivity index (χ4n) is 2.42. The molecule has 0 aliphatic carbocycles. The van der Waals surface area contributed by atoms with Gasteiger partial charge in [0.1, 0.15) is 5.75 Å². The van der Waals surface area contributed by atoms with Crippen molar-refractivity contribution in [2.24, 2.45) is 0 Å². The molecule has 0 spiro atoms. The minimum absolute atomic E-state index is 0.0798. The SMILES string of the molecule is CC(C)Oc1ccc(NC(=O)CCC2CCCN2)cc1. The molecule has 0 aromatic heterocycles. The Labute approximate surface area is 120 Å². The third kappa shape index (κ3) is 4.85. The van der Waals surface area contributed by atoms with Gasteiger partial charge in [0, 0.05) is 18.2 Å². The molecule has 0 saturated carbocycles. The Morgan fingerprint density at radius 2 is 2.15 bits per heavy atom. The van der Waals surface area contributed by atoms with Gasteiger partial charge in [-0.3, -0.25) is 4.79 Å². The van der Waals surface area contributed by atoms with Crippen molar-refractivity contribution in [1.82, 2.24) is 5.32 Å². The number of benzene rings is 1. The fraction of sp³-hybridized carbons (Fsp3) is 0.562. The van der Waals surface area contributed by atoms with Gasteiger partial charge in [0.15, 0.2) is 0 Å². The summed E-state index contributed by atoms with van der Waals surface area (Å²) in [5.74, 6) is 0.907. The Morgan fingerprint density at radius 3 is 2.75 bits per heavy atom. The number of carbonyl (C=O) groups excluding carboxylic acids is 1. The van der Waals surface area contributed by atoms with E-state index in [1.807, 2.05) is 38.1 Å². The zero-order chi connectivity index (χ0) is 14.4. The van der Waals surface area contributed by atoms with Crippen LogP contribution in [-0.2, 0) is 4.79 Å². The Balaban J connectivity index is 1.75. The van der Waals surface area contributed by atoms with Gasteiger partial charge in [-0.15, -0.1) is 0 Å². The molecule has 0 radical (unpaired) electrons. The van der Waals surface area contributed by atoms with Gasteiger partial charge in [-0.1, -0.05) is 0 Å². The lowest BCUT2D eigenvalue weighted by Gasteiger charge is -2.12. The van der Waals surface area contributed by atoms with E-state index in [1.54, 1.807) is 0 Å². The Hall–Kier alpha value is -1.55. The summed E-state index contributed by atoms with van der Waals surface area (Å²) in [6, 6.07) is 8.04. The van der Waals surface area contributed by atoms with Gasteiger partial charge in [-0.25, -0.2) is 0 Å². The average molecular weight is 276 g/mol. The largest absolute Gasteiger partial charge is 0.491 e. The third-order valence-corrected chi connectivity index (χ3v) is 3.39. The molecular formula is C16H24N2O2. The average Bonchev–Trinajstić information content (AvgIpc) is 2.91. The predicted octanol–water partition coefficient (Wildman–Crippen LogP) is 2.94. The molecule has 2 rings (SSSR count). The monoisotopic (exact) mass is 276 g/mol. The summed E-state index contributed by atoms with van der Waals surface area (Å²) in [6.45, 7) is 5.07. The molecule has 1 aromatic carbocycles. The second-order valence-electron chi connectivity index (χ2n) is 5.57. The molecule has 2 N–H and O–H groups in total.